The van der Waals surface area contributed by atoms with Gasteiger partial charge in [0, 0.05) is 6.20 Å². The van der Waals surface area contributed by atoms with Gasteiger partial charge in [0.2, 0.25) is 0 Å². The molecule has 0 unspecified atom stereocenters. The maximum atomic E-state index is 11.5. The minimum atomic E-state index is -0.793. The molecule has 1 aromatic heterocycles. The summed E-state index contributed by atoms with van der Waals surface area (Å²) in [6.45, 7) is 3.53. The molecule has 16 heavy (non-hydrogen) atoms. The summed E-state index contributed by atoms with van der Waals surface area (Å²) in [6, 6.07) is 0. The van der Waals surface area contributed by atoms with Crippen LogP contribution in [0, 0.1) is 0 Å². The maximum Gasteiger partial charge on any atom is 0.341 e. The molecular formula is C10H13ClN2O3. The number of halogens is 1. The molecule has 0 amide bonds. The first kappa shape index (κ1) is 12.9. The molecule has 0 aliphatic heterocycles. The molecule has 5 nitrogen and oxygen atoms in total. The van der Waals surface area contributed by atoms with Crippen LogP contribution in [0.25, 0.3) is 0 Å². The van der Waals surface area contributed by atoms with Gasteiger partial charge in [0.25, 0.3) is 0 Å². The van der Waals surface area contributed by atoms with Gasteiger partial charge in [0.05, 0.1) is 18.2 Å². The molecule has 0 aromatic carbocycles. The molecule has 6 heteroatoms. The van der Waals surface area contributed by atoms with E-state index in [0.29, 0.717) is 5.69 Å². The predicted molar refractivity (Wildman–Crippen MR) is 58.2 cm³/mol. The van der Waals surface area contributed by atoms with Crippen molar-refractivity contribution >= 4 is 17.6 Å². The Morgan fingerprint density at radius 1 is 1.69 bits per heavy atom. The molecule has 1 N–H and O–H groups in total. The van der Waals surface area contributed by atoms with E-state index in [4.69, 9.17) is 16.3 Å². The summed E-state index contributed by atoms with van der Waals surface area (Å²) in [4.78, 5) is 19.4. The van der Waals surface area contributed by atoms with Crippen LogP contribution in [-0.2, 0) is 10.6 Å². The molecular weight excluding hydrogens is 232 g/mol. The topological polar surface area (TPSA) is 72.3 Å². The molecule has 0 saturated carbocycles. The third kappa shape index (κ3) is 2.90. The van der Waals surface area contributed by atoms with Gasteiger partial charge in [0.15, 0.2) is 5.82 Å². The minimum absolute atomic E-state index is 0.0659. The number of nitrogens with zero attached hydrogens (tertiary/aromatic N) is 2. The third-order valence-corrected chi connectivity index (χ3v) is 2.14. The minimum Gasteiger partial charge on any atom is -0.462 e. The second kappa shape index (κ2) is 5.77. The molecule has 1 rings (SSSR count). The average molecular weight is 245 g/mol. The Kier molecular flexibility index (Phi) is 4.64. The highest BCUT2D eigenvalue weighted by atomic mass is 35.5. The summed E-state index contributed by atoms with van der Waals surface area (Å²) >= 11 is 5.67. The highest BCUT2D eigenvalue weighted by molar-refractivity contribution is 6.17. The van der Waals surface area contributed by atoms with Crippen molar-refractivity contribution < 1.29 is 14.6 Å². The van der Waals surface area contributed by atoms with Gasteiger partial charge in [-0.25, -0.2) is 14.8 Å². The summed E-state index contributed by atoms with van der Waals surface area (Å²) in [6.07, 6.45) is 0.531. The molecule has 0 bridgehead atoms. The third-order valence-electron chi connectivity index (χ3n) is 1.88. The Balaban J connectivity index is 3.06. The Hall–Kier alpha value is -1.20. The van der Waals surface area contributed by atoms with E-state index in [9.17, 15) is 9.90 Å². The lowest BCUT2D eigenvalue weighted by Crippen LogP contribution is -2.12. The number of hydrogen-bond acceptors (Lipinski definition) is 5. The lowest BCUT2D eigenvalue weighted by Gasteiger charge is -2.08. The smallest absolute Gasteiger partial charge is 0.341 e. The quantitative estimate of drug-likeness (QED) is 0.641. The van der Waals surface area contributed by atoms with Gasteiger partial charge in [-0.1, -0.05) is 0 Å². The first-order chi connectivity index (χ1) is 7.60. The van der Waals surface area contributed by atoms with Crippen molar-refractivity contribution in [2.45, 2.75) is 25.8 Å². The number of aromatic nitrogens is 2. The van der Waals surface area contributed by atoms with Crippen LogP contribution in [0.15, 0.2) is 6.20 Å². The van der Waals surface area contributed by atoms with Crippen molar-refractivity contribution in [3.05, 3.63) is 23.3 Å². The number of ether oxygens (including phenoxy) is 1. The van der Waals surface area contributed by atoms with E-state index in [1.165, 1.54) is 13.1 Å². The molecule has 1 aromatic rings. The van der Waals surface area contributed by atoms with Gasteiger partial charge < -0.3 is 9.84 Å². The number of esters is 1. The summed E-state index contributed by atoms with van der Waals surface area (Å²) in [7, 11) is 0. The van der Waals surface area contributed by atoms with Crippen LogP contribution in [0.2, 0.25) is 0 Å². The Labute approximate surface area is 98.4 Å². The zero-order chi connectivity index (χ0) is 12.1. The summed E-state index contributed by atoms with van der Waals surface area (Å²) in [5.41, 5.74) is 0.604. The zero-order valence-electron chi connectivity index (χ0n) is 9.11. The lowest BCUT2D eigenvalue weighted by molar-refractivity contribution is 0.0523. The summed E-state index contributed by atoms with van der Waals surface area (Å²) < 4.78 is 4.83. The first-order valence-corrected chi connectivity index (χ1v) is 5.40. The van der Waals surface area contributed by atoms with Gasteiger partial charge in [0.1, 0.15) is 11.7 Å². The Morgan fingerprint density at radius 2 is 2.38 bits per heavy atom. The number of carbonyl (C=O) groups excluding carboxylic acids is 1. The molecule has 88 valence electrons. The van der Waals surface area contributed by atoms with Gasteiger partial charge >= 0.3 is 5.97 Å². The van der Waals surface area contributed by atoms with Crippen LogP contribution in [0.5, 0.6) is 0 Å². The summed E-state index contributed by atoms with van der Waals surface area (Å²) in [5.74, 6) is -0.199. The molecule has 1 heterocycles. The summed E-state index contributed by atoms with van der Waals surface area (Å²) in [5, 5.41) is 9.29. The SMILES string of the molecule is CCOC(=O)c1cnc([C@@H](C)O)nc1CCl. The van der Waals surface area contributed by atoms with Crippen molar-refractivity contribution in [1.82, 2.24) is 9.97 Å². The Morgan fingerprint density at radius 3 is 2.88 bits per heavy atom. The molecule has 0 aliphatic rings. The number of carbonyl (C=O) groups is 1. The van der Waals surface area contributed by atoms with Gasteiger partial charge in [-0.3, -0.25) is 0 Å². The zero-order valence-corrected chi connectivity index (χ0v) is 9.86. The molecule has 0 aliphatic carbocycles. The molecule has 0 saturated heterocycles. The van der Waals surface area contributed by atoms with E-state index >= 15 is 0 Å². The van der Waals surface area contributed by atoms with Gasteiger partial charge in [-0.05, 0) is 13.8 Å². The largest absolute Gasteiger partial charge is 0.462 e. The average Bonchev–Trinajstić information content (AvgIpc) is 2.28. The Bertz CT molecular complexity index is 382. The van der Waals surface area contributed by atoms with E-state index in [-0.39, 0.29) is 23.9 Å². The van der Waals surface area contributed by atoms with E-state index in [1.807, 2.05) is 0 Å². The van der Waals surface area contributed by atoms with Crippen LogP contribution in [0.3, 0.4) is 0 Å². The van der Waals surface area contributed by atoms with Crippen molar-refractivity contribution in [2.24, 2.45) is 0 Å². The number of aliphatic hydroxyl groups is 1. The van der Waals surface area contributed by atoms with E-state index in [2.05, 4.69) is 9.97 Å². The predicted octanol–water partition coefficient (Wildman–Crippen LogP) is 1.45. The lowest BCUT2D eigenvalue weighted by atomic mass is 10.2. The van der Waals surface area contributed by atoms with Gasteiger partial charge in [-0.15, -0.1) is 11.6 Å². The number of hydrogen-bond donors (Lipinski definition) is 1. The maximum absolute atomic E-state index is 11.5. The molecule has 0 fully saturated rings. The fourth-order valence-electron chi connectivity index (χ4n) is 1.12. The van der Waals surface area contributed by atoms with E-state index < -0.39 is 12.1 Å². The number of aliphatic hydroxyl groups excluding tert-OH is 1. The van der Waals surface area contributed by atoms with Crippen molar-refractivity contribution in [2.75, 3.05) is 6.61 Å². The van der Waals surface area contributed by atoms with Crippen LogP contribution < -0.4 is 0 Å². The normalized spacial score (nSPS) is 12.2. The number of alkyl halides is 1. The monoisotopic (exact) mass is 244 g/mol. The van der Waals surface area contributed by atoms with E-state index in [0.717, 1.165) is 0 Å². The van der Waals surface area contributed by atoms with E-state index in [1.54, 1.807) is 6.92 Å². The molecule has 1 atom stereocenters. The van der Waals surface area contributed by atoms with Crippen molar-refractivity contribution in [3.63, 3.8) is 0 Å². The standard InChI is InChI=1S/C10H13ClN2O3/c1-3-16-10(15)7-5-12-9(6(2)14)13-8(7)4-11/h5-6,14H,3-4H2,1-2H3/t6-/m1/s1. The van der Waals surface area contributed by atoms with Gasteiger partial charge in [-0.2, -0.15) is 0 Å². The van der Waals surface area contributed by atoms with Crippen molar-refractivity contribution in [3.8, 4) is 0 Å². The van der Waals surface area contributed by atoms with Crippen LogP contribution in [-0.4, -0.2) is 27.7 Å². The second-order valence-corrected chi connectivity index (χ2v) is 3.39. The highest BCUT2D eigenvalue weighted by Gasteiger charge is 2.16. The van der Waals surface area contributed by atoms with Crippen LogP contribution in [0.1, 0.15) is 41.8 Å². The second-order valence-electron chi connectivity index (χ2n) is 3.12. The van der Waals surface area contributed by atoms with Crippen molar-refractivity contribution in [1.29, 1.82) is 0 Å². The van der Waals surface area contributed by atoms with Crippen LogP contribution >= 0.6 is 11.6 Å². The molecule has 0 radical (unpaired) electrons. The van der Waals surface area contributed by atoms with Crippen LogP contribution in [0.4, 0.5) is 0 Å². The molecule has 0 spiro atoms. The fourth-order valence-corrected chi connectivity index (χ4v) is 1.32. The number of rotatable bonds is 4. The fraction of sp³-hybridized carbons (Fsp3) is 0.500. The first-order valence-electron chi connectivity index (χ1n) is 4.87. The highest BCUT2D eigenvalue weighted by Crippen LogP contribution is 2.13.